The van der Waals surface area contributed by atoms with Gasteiger partial charge in [0.2, 0.25) is 5.95 Å². The number of fused-ring (bicyclic) bond motifs is 1. The smallest absolute Gasteiger partial charge is 0.206 e. The molecule has 1 aromatic carbocycles. The lowest BCUT2D eigenvalue weighted by molar-refractivity contribution is 0.268. The number of benzene rings is 1. The Morgan fingerprint density at radius 2 is 1.96 bits per heavy atom. The van der Waals surface area contributed by atoms with Gasteiger partial charge in [0.25, 0.3) is 0 Å². The average Bonchev–Trinajstić information content (AvgIpc) is 3.31. The third-order valence-corrected chi connectivity index (χ3v) is 5.02. The van der Waals surface area contributed by atoms with Crippen LogP contribution in [-0.4, -0.2) is 58.9 Å². The molecule has 142 valence electrons. The van der Waals surface area contributed by atoms with Gasteiger partial charge >= 0.3 is 0 Å². The quantitative estimate of drug-likeness (QED) is 0.727. The Morgan fingerprint density at radius 3 is 2.70 bits per heavy atom. The highest BCUT2D eigenvalue weighted by atomic mass is 16.3. The Kier molecular flexibility index (Phi) is 5.27. The van der Waals surface area contributed by atoms with Crippen LogP contribution < -0.4 is 4.90 Å². The number of aromatic nitrogens is 2. The molecule has 1 aliphatic rings. The maximum absolute atomic E-state index is 9.48. The summed E-state index contributed by atoms with van der Waals surface area (Å²) in [5.74, 6) is 1.87. The second-order valence-corrected chi connectivity index (χ2v) is 7.05. The van der Waals surface area contributed by atoms with E-state index in [-0.39, 0.29) is 6.61 Å². The van der Waals surface area contributed by atoms with Gasteiger partial charge in [-0.3, -0.25) is 4.90 Å². The number of hydrogen-bond donors (Lipinski definition) is 1. The van der Waals surface area contributed by atoms with Crippen molar-refractivity contribution < 1.29 is 9.52 Å². The van der Waals surface area contributed by atoms with Crippen LogP contribution in [0.5, 0.6) is 0 Å². The van der Waals surface area contributed by atoms with Crippen LogP contribution in [0.3, 0.4) is 0 Å². The molecule has 6 nitrogen and oxygen atoms in total. The lowest BCUT2D eigenvalue weighted by Gasteiger charge is -2.35. The second kappa shape index (κ2) is 7.98. The van der Waals surface area contributed by atoms with Gasteiger partial charge < -0.3 is 19.0 Å². The lowest BCUT2D eigenvalue weighted by atomic mass is 10.2. The first-order valence-corrected chi connectivity index (χ1v) is 9.49. The van der Waals surface area contributed by atoms with Crippen molar-refractivity contribution in [2.45, 2.75) is 13.5 Å². The summed E-state index contributed by atoms with van der Waals surface area (Å²) in [5, 5.41) is 9.48. The van der Waals surface area contributed by atoms with Crippen LogP contribution in [0.2, 0.25) is 0 Å². The molecule has 0 aliphatic carbocycles. The molecule has 1 aliphatic heterocycles. The number of hydrogen-bond acceptors (Lipinski definition) is 5. The summed E-state index contributed by atoms with van der Waals surface area (Å²) in [6.07, 6.45) is 3.81. The van der Waals surface area contributed by atoms with E-state index in [4.69, 9.17) is 9.40 Å². The van der Waals surface area contributed by atoms with Gasteiger partial charge in [-0.25, -0.2) is 4.98 Å². The SMILES string of the molecule is CC(=Cc1ccco1)CN1CCN(c2nc3ccccc3n2CCO)CC1. The topological polar surface area (TPSA) is 57.7 Å². The van der Waals surface area contributed by atoms with Crippen molar-refractivity contribution in [3.8, 4) is 0 Å². The zero-order valence-corrected chi connectivity index (χ0v) is 15.7. The van der Waals surface area contributed by atoms with E-state index in [1.54, 1.807) is 6.26 Å². The Morgan fingerprint density at radius 1 is 1.15 bits per heavy atom. The van der Waals surface area contributed by atoms with Crippen molar-refractivity contribution in [3.63, 3.8) is 0 Å². The molecule has 4 rings (SSSR count). The third-order valence-electron chi connectivity index (χ3n) is 5.02. The summed E-state index contributed by atoms with van der Waals surface area (Å²) in [7, 11) is 0. The monoisotopic (exact) mass is 366 g/mol. The van der Waals surface area contributed by atoms with Gasteiger partial charge in [-0.15, -0.1) is 0 Å². The van der Waals surface area contributed by atoms with Gasteiger partial charge in [-0.2, -0.15) is 0 Å². The van der Waals surface area contributed by atoms with Crippen LogP contribution in [0.25, 0.3) is 17.1 Å². The summed E-state index contributed by atoms with van der Waals surface area (Å²) in [5.41, 5.74) is 3.37. The standard InChI is InChI=1S/C21H26N4O2/c1-17(15-18-5-4-14-27-18)16-23-8-10-24(11-9-23)21-22-19-6-2-3-7-20(19)25(21)12-13-26/h2-7,14-15,26H,8-13,16H2,1H3. The van der Waals surface area contributed by atoms with Crippen LogP contribution >= 0.6 is 0 Å². The maximum atomic E-state index is 9.48. The van der Waals surface area contributed by atoms with Crippen molar-refractivity contribution in [1.82, 2.24) is 14.5 Å². The molecule has 1 saturated heterocycles. The van der Waals surface area contributed by atoms with E-state index in [1.165, 1.54) is 5.57 Å². The molecular formula is C21H26N4O2. The summed E-state index contributed by atoms with van der Waals surface area (Å²) < 4.78 is 7.53. The zero-order chi connectivity index (χ0) is 18.6. The highest BCUT2D eigenvalue weighted by molar-refractivity contribution is 5.78. The van der Waals surface area contributed by atoms with Crippen molar-refractivity contribution >= 4 is 23.1 Å². The molecule has 2 aromatic heterocycles. The molecule has 0 bridgehead atoms. The minimum atomic E-state index is 0.115. The maximum Gasteiger partial charge on any atom is 0.206 e. The van der Waals surface area contributed by atoms with E-state index in [2.05, 4.69) is 33.4 Å². The molecule has 0 radical (unpaired) electrons. The summed E-state index contributed by atoms with van der Waals surface area (Å²) in [4.78, 5) is 9.62. The Balaban J connectivity index is 1.43. The van der Waals surface area contributed by atoms with Gasteiger partial charge in [-0.1, -0.05) is 17.7 Å². The van der Waals surface area contributed by atoms with E-state index >= 15 is 0 Å². The number of aliphatic hydroxyl groups is 1. The molecule has 1 N–H and O–H groups in total. The Labute approximate surface area is 159 Å². The number of para-hydroxylation sites is 2. The number of rotatable bonds is 6. The molecule has 0 unspecified atom stereocenters. The van der Waals surface area contributed by atoms with Crippen LogP contribution in [0.4, 0.5) is 5.95 Å². The molecule has 3 heterocycles. The fourth-order valence-electron chi connectivity index (χ4n) is 3.75. The fourth-order valence-corrected chi connectivity index (χ4v) is 3.75. The van der Waals surface area contributed by atoms with Gasteiger partial charge in [-0.05, 0) is 37.3 Å². The summed E-state index contributed by atoms with van der Waals surface area (Å²) >= 11 is 0. The fraction of sp³-hybridized carbons (Fsp3) is 0.381. The average molecular weight is 366 g/mol. The number of furan rings is 1. The second-order valence-electron chi connectivity index (χ2n) is 7.05. The highest BCUT2D eigenvalue weighted by Crippen LogP contribution is 2.23. The van der Waals surface area contributed by atoms with E-state index in [0.717, 1.165) is 55.5 Å². The van der Waals surface area contributed by atoms with Crippen LogP contribution in [-0.2, 0) is 6.54 Å². The normalized spacial score (nSPS) is 16.4. The van der Waals surface area contributed by atoms with E-state index < -0.39 is 0 Å². The largest absolute Gasteiger partial charge is 0.465 e. The molecule has 0 amide bonds. The Bertz CT molecular complexity index is 906. The number of nitrogens with zero attached hydrogens (tertiary/aromatic N) is 4. The number of piperazine rings is 1. The first kappa shape index (κ1) is 17.8. The minimum absolute atomic E-state index is 0.115. The van der Waals surface area contributed by atoms with Crippen LogP contribution in [0, 0.1) is 0 Å². The highest BCUT2D eigenvalue weighted by Gasteiger charge is 2.22. The van der Waals surface area contributed by atoms with Gasteiger partial charge in [0.15, 0.2) is 0 Å². The number of anilines is 1. The molecule has 0 atom stereocenters. The lowest BCUT2D eigenvalue weighted by Crippen LogP contribution is -2.47. The van der Waals surface area contributed by atoms with Crippen molar-refractivity contribution in [1.29, 1.82) is 0 Å². The minimum Gasteiger partial charge on any atom is -0.465 e. The molecule has 6 heteroatoms. The van der Waals surface area contributed by atoms with Crippen molar-refractivity contribution in [2.24, 2.45) is 0 Å². The van der Waals surface area contributed by atoms with Crippen molar-refractivity contribution in [2.75, 3.05) is 44.2 Å². The molecule has 0 spiro atoms. The van der Waals surface area contributed by atoms with E-state index in [1.807, 2.05) is 30.3 Å². The van der Waals surface area contributed by atoms with E-state index in [9.17, 15) is 5.11 Å². The van der Waals surface area contributed by atoms with Crippen LogP contribution in [0.15, 0.2) is 52.7 Å². The number of aliphatic hydroxyl groups excluding tert-OH is 1. The molecule has 27 heavy (non-hydrogen) atoms. The Hall–Kier alpha value is -2.57. The van der Waals surface area contributed by atoms with Crippen LogP contribution in [0.1, 0.15) is 12.7 Å². The predicted molar refractivity (Wildman–Crippen MR) is 108 cm³/mol. The molecule has 0 saturated carbocycles. The zero-order valence-electron chi connectivity index (χ0n) is 15.7. The molecule has 1 fully saturated rings. The first-order chi connectivity index (χ1) is 13.2. The summed E-state index contributed by atoms with van der Waals surface area (Å²) in [6.45, 7) is 7.63. The first-order valence-electron chi connectivity index (χ1n) is 9.49. The van der Waals surface area contributed by atoms with Gasteiger partial charge in [0.05, 0.1) is 23.9 Å². The van der Waals surface area contributed by atoms with E-state index in [0.29, 0.717) is 6.54 Å². The van der Waals surface area contributed by atoms with Gasteiger partial charge in [0, 0.05) is 39.3 Å². The van der Waals surface area contributed by atoms with Crippen molar-refractivity contribution in [3.05, 3.63) is 54.0 Å². The number of imidazole rings is 1. The molecule has 3 aromatic rings. The third kappa shape index (κ3) is 3.91. The predicted octanol–water partition coefficient (Wildman–Crippen LogP) is 2.85. The molecular weight excluding hydrogens is 340 g/mol. The summed E-state index contributed by atoms with van der Waals surface area (Å²) in [6, 6.07) is 12.0. The van der Waals surface area contributed by atoms with Gasteiger partial charge in [0.1, 0.15) is 5.76 Å².